The molecule has 0 aliphatic heterocycles. The van der Waals surface area contributed by atoms with Gasteiger partial charge >= 0.3 is 12.1 Å². The Bertz CT molecular complexity index is 629. The lowest BCUT2D eigenvalue weighted by molar-refractivity contribution is -0.157. The van der Waals surface area contributed by atoms with E-state index >= 15 is 0 Å². The molecule has 1 aromatic rings. The van der Waals surface area contributed by atoms with Crippen LogP contribution in [-0.4, -0.2) is 33.4 Å². The molecule has 1 unspecified atom stereocenters. The number of pyridine rings is 1. The summed E-state index contributed by atoms with van der Waals surface area (Å²) in [5, 5.41) is 13.0. The average Bonchev–Trinajstić information content (AvgIpc) is 2.33. The van der Waals surface area contributed by atoms with E-state index in [-0.39, 0.29) is 12.2 Å². The molecule has 0 saturated heterocycles. The van der Waals surface area contributed by atoms with E-state index in [4.69, 9.17) is 9.47 Å². The van der Waals surface area contributed by atoms with Crippen molar-refractivity contribution in [3.8, 4) is 0 Å². The van der Waals surface area contributed by atoms with Crippen LogP contribution in [-0.2, 0) is 14.3 Å². The van der Waals surface area contributed by atoms with Crippen molar-refractivity contribution < 1.29 is 24.2 Å². The number of ether oxygens (including phenoxy) is 2. The number of rotatable bonds is 4. The Kier molecular flexibility index (Phi) is 6.54. The zero-order valence-electron chi connectivity index (χ0n) is 16.0. The van der Waals surface area contributed by atoms with E-state index in [0.29, 0.717) is 11.1 Å². The first-order valence-electron chi connectivity index (χ1n) is 8.14. The smallest absolute Gasteiger partial charge is 0.413 e. The molecule has 7 heteroatoms. The van der Waals surface area contributed by atoms with Crippen molar-refractivity contribution in [2.75, 3.05) is 5.32 Å². The molecule has 0 spiro atoms. The van der Waals surface area contributed by atoms with Gasteiger partial charge in [-0.15, -0.1) is 0 Å². The van der Waals surface area contributed by atoms with Crippen LogP contribution < -0.4 is 5.32 Å². The second-order valence-electron chi connectivity index (χ2n) is 7.82. The number of hydrogen-bond donors (Lipinski definition) is 2. The number of esters is 1. The van der Waals surface area contributed by atoms with Crippen LogP contribution in [0.2, 0.25) is 0 Å². The molecule has 0 aromatic carbocycles. The van der Waals surface area contributed by atoms with E-state index < -0.39 is 29.4 Å². The molecule has 0 bridgehead atoms. The highest BCUT2D eigenvalue weighted by Gasteiger charge is 2.25. The summed E-state index contributed by atoms with van der Waals surface area (Å²) < 4.78 is 10.4. The van der Waals surface area contributed by atoms with Crippen LogP contribution in [0.1, 0.15) is 65.2 Å². The van der Waals surface area contributed by atoms with Crippen molar-refractivity contribution in [2.45, 2.75) is 72.2 Å². The third-order valence-electron chi connectivity index (χ3n) is 2.94. The third kappa shape index (κ3) is 7.51. The summed E-state index contributed by atoms with van der Waals surface area (Å²) in [6.45, 7) is 12.2. The number of nitrogens with zero attached hydrogens (tertiary/aromatic N) is 1. The van der Waals surface area contributed by atoms with Gasteiger partial charge in [0.1, 0.15) is 17.0 Å². The monoisotopic (exact) mass is 352 g/mol. The number of carbonyl (C=O) groups is 2. The maximum atomic E-state index is 12.0. The fraction of sp³-hybridized carbons (Fsp3) is 0.611. The first kappa shape index (κ1) is 20.9. The maximum absolute atomic E-state index is 12.0. The first-order chi connectivity index (χ1) is 11.3. The van der Waals surface area contributed by atoms with Gasteiger partial charge in [-0.2, -0.15) is 0 Å². The fourth-order valence-corrected chi connectivity index (χ4v) is 2.13. The number of carbonyl (C=O) groups excluding carboxylic acids is 2. The van der Waals surface area contributed by atoms with Gasteiger partial charge in [0, 0.05) is 11.8 Å². The topological polar surface area (TPSA) is 97.8 Å². The van der Waals surface area contributed by atoms with Gasteiger partial charge in [0.05, 0.1) is 12.5 Å². The van der Waals surface area contributed by atoms with Gasteiger partial charge in [-0.1, -0.05) is 0 Å². The van der Waals surface area contributed by atoms with Crippen LogP contribution in [0.4, 0.5) is 10.6 Å². The molecule has 140 valence electrons. The summed E-state index contributed by atoms with van der Waals surface area (Å²) in [5.74, 6) is -0.378. The van der Waals surface area contributed by atoms with Gasteiger partial charge in [0.2, 0.25) is 0 Å². The molecular weight excluding hydrogens is 324 g/mol. The first-order valence-corrected chi connectivity index (χ1v) is 8.14. The number of hydrogen-bond acceptors (Lipinski definition) is 6. The summed E-state index contributed by atoms with van der Waals surface area (Å²) in [6.07, 6.45) is -0.580. The molecule has 0 radical (unpaired) electrons. The Morgan fingerprint density at radius 2 is 1.72 bits per heavy atom. The quantitative estimate of drug-likeness (QED) is 0.805. The standard InChI is InChI=1S/C18H28N2O5/c1-11-8-9-19-15(20-16(23)25-18(5,6)7)14(11)12(21)10-13(22)24-17(2,3)4/h8-9,12,21H,10H2,1-7H3,(H,19,20,23). The fourth-order valence-electron chi connectivity index (χ4n) is 2.13. The second kappa shape index (κ2) is 7.82. The number of aromatic nitrogens is 1. The minimum atomic E-state index is -1.16. The molecule has 0 aliphatic rings. The number of aliphatic hydroxyl groups excluding tert-OH is 1. The average molecular weight is 352 g/mol. The number of aliphatic hydroxyl groups is 1. The lowest BCUT2D eigenvalue weighted by Gasteiger charge is -2.23. The van der Waals surface area contributed by atoms with Gasteiger partial charge in [-0.05, 0) is 60.1 Å². The molecule has 0 aliphatic carbocycles. The van der Waals surface area contributed by atoms with Gasteiger partial charge in [0.15, 0.2) is 0 Å². The van der Waals surface area contributed by atoms with E-state index in [9.17, 15) is 14.7 Å². The normalized spacial score (nSPS) is 13.1. The number of aryl methyl sites for hydroxylation is 1. The molecule has 2 N–H and O–H groups in total. The predicted molar refractivity (Wildman–Crippen MR) is 94.3 cm³/mol. The molecule has 1 aromatic heterocycles. The Morgan fingerprint density at radius 3 is 2.24 bits per heavy atom. The SMILES string of the molecule is Cc1ccnc(NC(=O)OC(C)(C)C)c1C(O)CC(=O)OC(C)(C)C. The van der Waals surface area contributed by atoms with Gasteiger partial charge in [-0.3, -0.25) is 10.1 Å². The second-order valence-corrected chi connectivity index (χ2v) is 7.82. The van der Waals surface area contributed by atoms with Crippen molar-refractivity contribution in [1.29, 1.82) is 0 Å². The number of amides is 1. The van der Waals surface area contributed by atoms with Crippen LogP contribution in [0.25, 0.3) is 0 Å². The number of nitrogens with one attached hydrogen (secondary N) is 1. The molecule has 1 amide bonds. The van der Waals surface area contributed by atoms with Crippen LogP contribution in [0, 0.1) is 6.92 Å². The maximum Gasteiger partial charge on any atom is 0.413 e. The third-order valence-corrected chi connectivity index (χ3v) is 2.94. The minimum absolute atomic E-state index is 0.158. The summed E-state index contributed by atoms with van der Waals surface area (Å²) in [5.41, 5.74) is -0.252. The minimum Gasteiger partial charge on any atom is -0.460 e. The van der Waals surface area contributed by atoms with Crippen molar-refractivity contribution in [3.63, 3.8) is 0 Å². The Morgan fingerprint density at radius 1 is 1.16 bits per heavy atom. The summed E-state index contributed by atoms with van der Waals surface area (Å²) in [4.78, 5) is 28.0. The summed E-state index contributed by atoms with van der Waals surface area (Å²) in [7, 11) is 0. The predicted octanol–water partition coefficient (Wildman–Crippen LogP) is 3.50. The number of anilines is 1. The molecule has 25 heavy (non-hydrogen) atoms. The van der Waals surface area contributed by atoms with Crippen molar-refractivity contribution in [2.24, 2.45) is 0 Å². The molecular formula is C18H28N2O5. The zero-order chi connectivity index (χ0) is 19.4. The lowest BCUT2D eigenvalue weighted by atomic mass is 10.0. The molecule has 1 atom stereocenters. The summed E-state index contributed by atoms with van der Waals surface area (Å²) in [6, 6.07) is 1.69. The van der Waals surface area contributed by atoms with Crippen LogP contribution in [0.5, 0.6) is 0 Å². The Hall–Kier alpha value is -2.15. The van der Waals surface area contributed by atoms with Crippen molar-refractivity contribution >= 4 is 17.9 Å². The molecule has 0 fully saturated rings. The highest BCUT2D eigenvalue weighted by atomic mass is 16.6. The van der Waals surface area contributed by atoms with Gasteiger partial charge < -0.3 is 14.6 Å². The highest BCUT2D eigenvalue weighted by molar-refractivity contribution is 5.85. The van der Waals surface area contributed by atoms with Crippen LogP contribution in [0.15, 0.2) is 12.3 Å². The lowest BCUT2D eigenvalue weighted by Crippen LogP contribution is -2.28. The Balaban J connectivity index is 2.95. The molecule has 1 rings (SSSR count). The van der Waals surface area contributed by atoms with Crippen LogP contribution >= 0.6 is 0 Å². The molecule has 0 saturated carbocycles. The van der Waals surface area contributed by atoms with Gasteiger partial charge in [0.25, 0.3) is 0 Å². The highest BCUT2D eigenvalue weighted by Crippen LogP contribution is 2.28. The molecule has 7 nitrogen and oxygen atoms in total. The van der Waals surface area contributed by atoms with E-state index in [1.54, 1.807) is 54.5 Å². The zero-order valence-corrected chi connectivity index (χ0v) is 16.0. The van der Waals surface area contributed by atoms with E-state index in [0.717, 1.165) is 0 Å². The van der Waals surface area contributed by atoms with Gasteiger partial charge in [-0.25, -0.2) is 9.78 Å². The molecule has 1 heterocycles. The van der Waals surface area contributed by atoms with Crippen LogP contribution in [0.3, 0.4) is 0 Å². The van der Waals surface area contributed by atoms with E-state index in [2.05, 4.69) is 10.3 Å². The van der Waals surface area contributed by atoms with E-state index in [1.165, 1.54) is 6.20 Å². The van der Waals surface area contributed by atoms with Crippen molar-refractivity contribution in [1.82, 2.24) is 4.98 Å². The largest absolute Gasteiger partial charge is 0.460 e. The Labute approximate surface area is 148 Å². The van der Waals surface area contributed by atoms with Crippen molar-refractivity contribution in [3.05, 3.63) is 23.4 Å². The van der Waals surface area contributed by atoms with E-state index in [1.807, 2.05) is 0 Å². The summed E-state index contributed by atoms with van der Waals surface area (Å²) >= 11 is 0.